The van der Waals surface area contributed by atoms with Gasteiger partial charge in [0.25, 0.3) is 0 Å². The maximum absolute atomic E-state index is 3.93. The molecule has 0 amide bonds. The predicted molar refractivity (Wildman–Crippen MR) is 52.8 cm³/mol. The van der Waals surface area contributed by atoms with E-state index >= 15 is 0 Å². The second-order valence-corrected chi connectivity index (χ2v) is 3.39. The van der Waals surface area contributed by atoms with Crippen LogP contribution in [0.3, 0.4) is 0 Å². The molecule has 0 spiro atoms. The van der Waals surface area contributed by atoms with Crippen molar-refractivity contribution in [3.63, 3.8) is 0 Å². The van der Waals surface area contributed by atoms with Gasteiger partial charge >= 0.3 is 0 Å². The zero-order valence-electron chi connectivity index (χ0n) is 6.71. The van der Waals surface area contributed by atoms with Gasteiger partial charge in [-0.3, -0.25) is 0 Å². The van der Waals surface area contributed by atoms with E-state index in [4.69, 9.17) is 0 Å². The van der Waals surface area contributed by atoms with Crippen molar-refractivity contribution in [1.82, 2.24) is 0 Å². The Morgan fingerprint density at radius 3 is 2.55 bits per heavy atom. The number of rotatable bonds is 3. The van der Waals surface area contributed by atoms with Crippen molar-refractivity contribution in [3.05, 3.63) is 47.4 Å². The fourth-order valence-electron chi connectivity index (χ4n) is 0.896. The molecule has 11 heavy (non-hydrogen) atoms. The standard InChI is InChI=1S/C10H12S/c1-9(11-2)8-10-6-4-3-5-7-10/h3-7H,1,8H2,2H3. The average Bonchev–Trinajstić information content (AvgIpc) is 2.06. The van der Waals surface area contributed by atoms with Gasteiger partial charge in [0.1, 0.15) is 0 Å². The second-order valence-electron chi connectivity index (χ2n) is 2.41. The Morgan fingerprint density at radius 2 is 2.00 bits per heavy atom. The Bertz CT molecular complexity index is 226. The molecule has 0 atom stereocenters. The van der Waals surface area contributed by atoms with Crippen LogP contribution in [0.1, 0.15) is 5.56 Å². The van der Waals surface area contributed by atoms with Crippen molar-refractivity contribution < 1.29 is 0 Å². The summed E-state index contributed by atoms with van der Waals surface area (Å²) in [7, 11) is 0. The highest BCUT2D eigenvalue weighted by molar-refractivity contribution is 8.02. The van der Waals surface area contributed by atoms with Crippen molar-refractivity contribution in [3.8, 4) is 0 Å². The third-order valence-corrected chi connectivity index (χ3v) is 2.25. The Labute approximate surface area is 72.3 Å². The van der Waals surface area contributed by atoms with E-state index in [-0.39, 0.29) is 0 Å². The van der Waals surface area contributed by atoms with Gasteiger partial charge in [-0.25, -0.2) is 0 Å². The number of thioether (sulfide) groups is 1. The molecule has 0 radical (unpaired) electrons. The molecule has 0 N–H and O–H groups in total. The van der Waals surface area contributed by atoms with Crippen LogP contribution in [0.4, 0.5) is 0 Å². The van der Waals surface area contributed by atoms with E-state index < -0.39 is 0 Å². The van der Waals surface area contributed by atoms with Gasteiger partial charge in [0.2, 0.25) is 0 Å². The number of hydrogen-bond acceptors (Lipinski definition) is 1. The second kappa shape index (κ2) is 4.24. The summed E-state index contributed by atoms with van der Waals surface area (Å²) in [5.74, 6) is 0. The summed E-state index contributed by atoms with van der Waals surface area (Å²) < 4.78 is 0. The molecule has 0 unspecified atom stereocenters. The Morgan fingerprint density at radius 1 is 1.36 bits per heavy atom. The molecule has 1 rings (SSSR count). The van der Waals surface area contributed by atoms with Gasteiger partial charge in [0.05, 0.1) is 0 Å². The zero-order valence-corrected chi connectivity index (χ0v) is 7.53. The molecule has 0 bridgehead atoms. The lowest BCUT2D eigenvalue weighted by Gasteiger charge is -2.00. The van der Waals surface area contributed by atoms with E-state index in [1.165, 1.54) is 10.5 Å². The van der Waals surface area contributed by atoms with Gasteiger partial charge in [-0.05, 0) is 16.7 Å². The van der Waals surface area contributed by atoms with Crippen molar-refractivity contribution in [2.24, 2.45) is 0 Å². The molecule has 0 heterocycles. The highest BCUT2D eigenvalue weighted by Gasteiger charge is 1.92. The summed E-state index contributed by atoms with van der Waals surface area (Å²) in [4.78, 5) is 1.22. The van der Waals surface area contributed by atoms with Gasteiger partial charge in [-0.1, -0.05) is 36.9 Å². The zero-order chi connectivity index (χ0) is 8.10. The van der Waals surface area contributed by atoms with Crippen molar-refractivity contribution in [2.75, 3.05) is 6.26 Å². The maximum Gasteiger partial charge on any atom is 0.00283 e. The molecule has 0 aromatic heterocycles. The highest BCUT2D eigenvalue weighted by atomic mass is 32.2. The van der Waals surface area contributed by atoms with Crippen molar-refractivity contribution in [1.29, 1.82) is 0 Å². The fourth-order valence-corrected chi connectivity index (χ4v) is 1.21. The molecule has 0 aliphatic rings. The first-order valence-electron chi connectivity index (χ1n) is 3.58. The molecular formula is C10H12S. The summed E-state index contributed by atoms with van der Waals surface area (Å²) >= 11 is 1.73. The topological polar surface area (TPSA) is 0 Å². The quantitative estimate of drug-likeness (QED) is 0.661. The maximum atomic E-state index is 3.93. The molecule has 0 fully saturated rings. The lowest BCUT2D eigenvalue weighted by atomic mass is 10.1. The van der Waals surface area contributed by atoms with Gasteiger partial charge in [0.15, 0.2) is 0 Å². The molecule has 1 aromatic rings. The van der Waals surface area contributed by atoms with Gasteiger partial charge in [-0.15, -0.1) is 11.8 Å². The highest BCUT2D eigenvalue weighted by Crippen LogP contribution is 2.14. The Hall–Kier alpha value is -0.690. The van der Waals surface area contributed by atoms with Crippen LogP contribution in [0, 0.1) is 0 Å². The average molecular weight is 164 g/mol. The molecular weight excluding hydrogens is 152 g/mol. The Balaban J connectivity index is 2.58. The number of allylic oxidation sites excluding steroid dienone is 1. The summed E-state index contributed by atoms with van der Waals surface area (Å²) in [6.45, 7) is 3.93. The van der Waals surface area contributed by atoms with Gasteiger partial charge in [0, 0.05) is 6.42 Å². The minimum absolute atomic E-state index is 0.988. The summed E-state index contributed by atoms with van der Waals surface area (Å²) in [6, 6.07) is 10.4. The van der Waals surface area contributed by atoms with Crippen LogP contribution in [0.15, 0.2) is 41.8 Å². The minimum Gasteiger partial charge on any atom is -0.134 e. The summed E-state index contributed by atoms with van der Waals surface area (Å²) in [5.41, 5.74) is 1.34. The van der Waals surface area contributed by atoms with Crippen LogP contribution in [0.5, 0.6) is 0 Å². The molecule has 1 aromatic carbocycles. The molecule has 0 aliphatic heterocycles. The van der Waals surface area contributed by atoms with Crippen LogP contribution in [0.25, 0.3) is 0 Å². The molecule has 0 saturated carbocycles. The van der Waals surface area contributed by atoms with Crippen molar-refractivity contribution in [2.45, 2.75) is 6.42 Å². The van der Waals surface area contributed by atoms with Gasteiger partial charge in [-0.2, -0.15) is 0 Å². The summed E-state index contributed by atoms with van der Waals surface area (Å²) in [6.07, 6.45) is 3.05. The fraction of sp³-hybridized carbons (Fsp3) is 0.200. The SMILES string of the molecule is C=C(Cc1ccccc1)SC. The van der Waals surface area contributed by atoms with Crippen LogP contribution >= 0.6 is 11.8 Å². The smallest absolute Gasteiger partial charge is 0.00283 e. The third-order valence-electron chi connectivity index (χ3n) is 1.53. The monoisotopic (exact) mass is 164 g/mol. The van der Waals surface area contributed by atoms with Crippen LogP contribution in [-0.2, 0) is 6.42 Å². The minimum atomic E-state index is 0.988. The number of benzene rings is 1. The third kappa shape index (κ3) is 2.81. The van der Waals surface area contributed by atoms with E-state index in [1.54, 1.807) is 11.8 Å². The summed E-state index contributed by atoms with van der Waals surface area (Å²) in [5, 5.41) is 0. The van der Waals surface area contributed by atoms with Crippen molar-refractivity contribution >= 4 is 11.8 Å². The van der Waals surface area contributed by atoms with E-state index in [0.717, 1.165) is 6.42 Å². The van der Waals surface area contributed by atoms with Gasteiger partial charge < -0.3 is 0 Å². The largest absolute Gasteiger partial charge is 0.134 e. The van der Waals surface area contributed by atoms with E-state index in [0.29, 0.717) is 0 Å². The molecule has 0 aliphatic carbocycles. The first-order valence-corrected chi connectivity index (χ1v) is 4.81. The molecule has 0 nitrogen and oxygen atoms in total. The number of hydrogen-bond donors (Lipinski definition) is 0. The first kappa shape index (κ1) is 8.41. The Kier molecular flexibility index (Phi) is 3.24. The normalized spacial score (nSPS) is 9.55. The van der Waals surface area contributed by atoms with Crippen LogP contribution in [-0.4, -0.2) is 6.26 Å². The molecule has 58 valence electrons. The predicted octanol–water partition coefficient (Wildman–Crippen LogP) is 3.11. The molecule has 0 saturated heterocycles. The van der Waals surface area contributed by atoms with E-state index in [9.17, 15) is 0 Å². The van der Waals surface area contributed by atoms with E-state index in [1.807, 2.05) is 6.07 Å². The lowest BCUT2D eigenvalue weighted by molar-refractivity contribution is 1.26. The molecule has 1 heteroatoms. The van der Waals surface area contributed by atoms with E-state index in [2.05, 4.69) is 37.1 Å². The lowest BCUT2D eigenvalue weighted by Crippen LogP contribution is -1.83. The first-order chi connectivity index (χ1) is 5.33. The van der Waals surface area contributed by atoms with Crippen LogP contribution < -0.4 is 0 Å². The van der Waals surface area contributed by atoms with Crippen LogP contribution in [0.2, 0.25) is 0 Å².